The van der Waals surface area contributed by atoms with E-state index in [1.165, 1.54) is 30.3 Å². The summed E-state index contributed by atoms with van der Waals surface area (Å²) < 4.78 is 0. The van der Waals surface area contributed by atoms with Crippen LogP contribution in [0.25, 0.3) is 0 Å². The van der Waals surface area contributed by atoms with Crippen LogP contribution >= 0.6 is 0 Å². The minimum atomic E-state index is -1.23. The van der Waals surface area contributed by atoms with E-state index in [1.54, 1.807) is 12.2 Å². The molecule has 1 atom stereocenters. The van der Waals surface area contributed by atoms with Crippen LogP contribution in [0.5, 0.6) is 0 Å². The van der Waals surface area contributed by atoms with Crippen molar-refractivity contribution in [3.63, 3.8) is 0 Å². The highest BCUT2D eigenvalue weighted by Gasteiger charge is 2.13. The fourth-order valence-electron chi connectivity index (χ4n) is 1.77. The quantitative estimate of drug-likeness (QED) is 0.0862. The van der Waals surface area contributed by atoms with Gasteiger partial charge >= 0.3 is 23.9 Å². The van der Waals surface area contributed by atoms with E-state index in [9.17, 15) is 19.2 Å². The second-order valence-electron chi connectivity index (χ2n) is 5.81. The van der Waals surface area contributed by atoms with Crippen LogP contribution in [0.4, 0.5) is 0 Å². The average molecular weight is 452 g/mol. The third kappa shape index (κ3) is 16.7. The Bertz CT molecular complexity index is 804. The number of hydrogen-bond donors (Lipinski definition) is 8. The number of allylic oxidation sites excluding steroid dienone is 3. The van der Waals surface area contributed by atoms with Crippen LogP contribution in [-0.2, 0) is 9.59 Å². The van der Waals surface area contributed by atoms with Crippen LogP contribution in [0, 0.1) is 5.41 Å². The molecule has 0 saturated carbocycles. The molecule has 1 aromatic rings. The molecule has 0 amide bonds. The minimum Gasteiger partial charge on any atom is -0.480 e. The first kappa shape index (κ1) is 30.0. The SMILES string of the molecule is C/C=C/C=C/C(=O)O.N=C(N)NCCCC(N)C(=O)O.O=C(O)c1ccccc1C(=O)O. The van der Waals surface area contributed by atoms with Gasteiger partial charge in [-0.2, -0.15) is 0 Å². The van der Waals surface area contributed by atoms with Crippen LogP contribution < -0.4 is 16.8 Å². The number of nitrogens with one attached hydrogen (secondary N) is 2. The van der Waals surface area contributed by atoms with Gasteiger partial charge in [-0.3, -0.25) is 10.2 Å². The van der Waals surface area contributed by atoms with Crippen molar-refractivity contribution < 1.29 is 39.6 Å². The lowest BCUT2D eigenvalue weighted by atomic mass is 10.1. The fourth-order valence-corrected chi connectivity index (χ4v) is 1.77. The summed E-state index contributed by atoms with van der Waals surface area (Å²) in [5.41, 5.74) is 9.84. The van der Waals surface area contributed by atoms with Gasteiger partial charge in [-0.15, -0.1) is 0 Å². The number of benzene rings is 1. The van der Waals surface area contributed by atoms with Crippen LogP contribution in [-0.4, -0.2) is 62.8 Å². The highest BCUT2D eigenvalue weighted by atomic mass is 16.4. The molecule has 10 N–H and O–H groups in total. The lowest BCUT2D eigenvalue weighted by molar-refractivity contribution is -0.138. The summed E-state index contributed by atoms with van der Waals surface area (Å²) in [6.45, 7) is 2.31. The number of carbonyl (C=O) groups is 4. The van der Waals surface area contributed by atoms with Crippen molar-refractivity contribution in [3.8, 4) is 0 Å². The zero-order valence-electron chi connectivity index (χ0n) is 17.4. The van der Waals surface area contributed by atoms with Gasteiger partial charge in [0.1, 0.15) is 6.04 Å². The van der Waals surface area contributed by atoms with Crippen molar-refractivity contribution in [2.75, 3.05) is 6.54 Å². The standard InChI is InChI=1S/C8H6O4.C6H14N4O2.C6H8O2/c9-7(10)5-3-1-2-4-6(5)8(11)12;7-4(5(11)12)2-1-3-10-6(8)9;1-2-3-4-5-6(7)8/h1-4H,(H,9,10)(H,11,12);4H,1-3,7H2,(H,11,12)(H4,8,9,10);2-5H,1H3,(H,7,8)/b;;3-2+,5-4+. The molecule has 1 rings (SSSR count). The first-order chi connectivity index (χ1) is 14.9. The molecule has 176 valence electrons. The second kappa shape index (κ2) is 17.7. The first-order valence-electron chi connectivity index (χ1n) is 9.08. The summed E-state index contributed by atoms with van der Waals surface area (Å²) >= 11 is 0. The number of aliphatic carboxylic acids is 2. The summed E-state index contributed by atoms with van der Waals surface area (Å²) in [5.74, 6) is -4.49. The number of guanidine groups is 1. The van der Waals surface area contributed by atoms with E-state index in [0.717, 1.165) is 6.08 Å². The molecule has 0 spiro atoms. The average Bonchev–Trinajstić information content (AvgIpc) is 2.71. The number of nitrogens with two attached hydrogens (primary N) is 2. The highest BCUT2D eigenvalue weighted by Crippen LogP contribution is 2.07. The topological polar surface area (TPSA) is 237 Å². The van der Waals surface area contributed by atoms with Crippen molar-refractivity contribution >= 4 is 29.8 Å². The number of rotatable bonds is 9. The maximum Gasteiger partial charge on any atom is 0.336 e. The summed E-state index contributed by atoms with van der Waals surface area (Å²) in [6.07, 6.45) is 6.96. The Hall–Kier alpha value is -4.19. The Kier molecular flexibility index (Phi) is 16.6. The van der Waals surface area contributed by atoms with Crippen molar-refractivity contribution in [1.82, 2.24) is 5.32 Å². The molecule has 0 saturated heterocycles. The molecule has 1 aromatic carbocycles. The number of carboxylic acids is 4. The Labute approximate surface area is 184 Å². The molecule has 0 radical (unpaired) electrons. The lowest BCUT2D eigenvalue weighted by Crippen LogP contribution is -2.34. The zero-order valence-corrected chi connectivity index (χ0v) is 17.4. The Morgan fingerprint density at radius 1 is 1.03 bits per heavy atom. The van der Waals surface area contributed by atoms with Crippen LogP contribution in [0.1, 0.15) is 40.5 Å². The Balaban J connectivity index is 0. The molecule has 0 aliphatic heterocycles. The molecular formula is C20H28N4O8. The van der Waals surface area contributed by atoms with Gasteiger partial charge in [-0.1, -0.05) is 30.4 Å². The second-order valence-corrected chi connectivity index (χ2v) is 5.81. The molecule has 12 nitrogen and oxygen atoms in total. The highest BCUT2D eigenvalue weighted by molar-refractivity contribution is 6.01. The van der Waals surface area contributed by atoms with Crippen LogP contribution in [0.2, 0.25) is 0 Å². The van der Waals surface area contributed by atoms with Crippen LogP contribution in [0.3, 0.4) is 0 Å². The van der Waals surface area contributed by atoms with E-state index in [-0.39, 0.29) is 17.1 Å². The molecule has 0 aliphatic rings. The number of aromatic carboxylic acids is 2. The Morgan fingerprint density at radius 3 is 1.88 bits per heavy atom. The maximum absolute atomic E-state index is 10.5. The normalized spacial score (nSPS) is 10.8. The van der Waals surface area contributed by atoms with E-state index in [4.69, 9.17) is 37.3 Å². The van der Waals surface area contributed by atoms with Crippen molar-refractivity contribution in [2.45, 2.75) is 25.8 Å². The molecular weight excluding hydrogens is 424 g/mol. The molecule has 32 heavy (non-hydrogen) atoms. The first-order valence-corrected chi connectivity index (χ1v) is 9.08. The van der Waals surface area contributed by atoms with Gasteiger partial charge in [-0.05, 0) is 31.9 Å². The van der Waals surface area contributed by atoms with Gasteiger partial charge < -0.3 is 37.2 Å². The van der Waals surface area contributed by atoms with E-state index >= 15 is 0 Å². The van der Waals surface area contributed by atoms with E-state index in [0.29, 0.717) is 19.4 Å². The third-order valence-corrected chi connectivity index (χ3v) is 3.25. The van der Waals surface area contributed by atoms with Gasteiger partial charge in [0.05, 0.1) is 11.1 Å². The molecule has 1 unspecified atom stereocenters. The van der Waals surface area contributed by atoms with Gasteiger partial charge in [-0.25, -0.2) is 14.4 Å². The monoisotopic (exact) mass is 452 g/mol. The van der Waals surface area contributed by atoms with Gasteiger partial charge in [0.2, 0.25) is 0 Å². The summed E-state index contributed by atoms with van der Waals surface area (Å²) in [7, 11) is 0. The van der Waals surface area contributed by atoms with Crippen molar-refractivity contribution in [2.24, 2.45) is 11.5 Å². The summed E-state index contributed by atoms with van der Waals surface area (Å²) in [4.78, 5) is 40.9. The van der Waals surface area contributed by atoms with E-state index in [2.05, 4.69) is 5.32 Å². The van der Waals surface area contributed by atoms with E-state index in [1.807, 2.05) is 6.92 Å². The van der Waals surface area contributed by atoms with Gasteiger partial charge in [0.25, 0.3) is 0 Å². The minimum absolute atomic E-state index is 0.112. The van der Waals surface area contributed by atoms with Gasteiger partial charge in [0, 0.05) is 12.6 Å². The van der Waals surface area contributed by atoms with Crippen molar-refractivity contribution in [3.05, 3.63) is 59.7 Å². The Morgan fingerprint density at radius 2 is 1.53 bits per heavy atom. The number of hydrogen-bond acceptors (Lipinski definition) is 6. The third-order valence-electron chi connectivity index (χ3n) is 3.25. The van der Waals surface area contributed by atoms with Crippen molar-refractivity contribution in [1.29, 1.82) is 5.41 Å². The largest absolute Gasteiger partial charge is 0.480 e. The lowest BCUT2D eigenvalue weighted by Gasteiger charge is -2.06. The summed E-state index contributed by atoms with van der Waals surface area (Å²) in [5, 5.41) is 42.8. The molecule has 0 fully saturated rings. The van der Waals surface area contributed by atoms with Crippen LogP contribution in [0.15, 0.2) is 48.6 Å². The predicted molar refractivity (Wildman–Crippen MR) is 117 cm³/mol. The molecule has 0 bridgehead atoms. The number of carboxylic acid groups (broad SMARTS) is 4. The summed E-state index contributed by atoms with van der Waals surface area (Å²) in [6, 6.07) is 4.65. The van der Waals surface area contributed by atoms with E-state index < -0.39 is 29.9 Å². The molecule has 0 aliphatic carbocycles. The smallest absolute Gasteiger partial charge is 0.336 e. The maximum atomic E-state index is 10.5. The zero-order chi connectivity index (χ0) is 25.1. The molecule has 0 heterocycles. The molecule has 0 aromatic heterocycles. The van der Waals surface area contributed by atoms with Gasteiger partial charge in [0.15, 0.2) is 5.96 Å². The predicted octanol–water partition coefficient (Wildman–Crippen LogP) is 0.948. The molecule has 12 heteroatoms. The fraction of sp³-hybridized carbons (Fsp3) is 0.250.